The summed E-state index contributed by atoms with van der Waals surface area (Å²) in [5, 5.41) is 12.4. The summed E-state index contributed by atoms with van der Waals surface area (Å²) in [5.41, 5.74) is -0.213. The zero-order chi connectivity index (χ0) is 14.3. The van der Waals surface area contributed by atoms with Crippen LogP contribution in [0.1, 0.15) is 33.1 Å². The van der Waals surface area contributed by atoms with Gasteiger partial charge in [0.2, 0.25) is 5.91 Å². The molecule has 0 spiro atoms. The lowest BCUT2D eigenvalue weighted by molar-refractivity contribution is -0.122. The van der Waals surface area contributed by atoms with E-state index in [9.17, 15) is 14.7 Å². The van der Waals surface area contributed by atoms with Gasteiger partial charge in [-0.05, 0) is 12.8 Å². The standard InChI is InChI=1S/C13H24N2O3S/c1-3-13(4-2,10-16)9-14-11(17)5-6-15-7-8-19-12(15)18/h16H,3-10H2,1-2H3,(H,14,17). The molecule has 2 N–H and O–H groups in total. The quantitative estimate of drug-likeness (QED) is 0.709. The van der Waals surface area contributed by atoms with Crippen molar-refractivity contribution in [3.63, 3.8) is 0 Å². The molecule has 1 fully saturated rings. The van der Waals surface area contributed by atoms with Crippen LogP contribution in [0.4, 0.5) is 4.79 Å². The number of rotatable bonds is 8. The Kier molecular flexibility index (Phi) is 6.65. The van der Waals surface area contributed by atoms with Crippen LogP contribution in [0.25, 0.3) is 0 Å². The molecular weight excluding hydrogens is 264 g/mol. The van der Waals surface area contributed by atoms with Gasteiger partial charge in [-0.2, -0.15) is 0 Å². The number of aliphatic hydroxyl groups excluding tert-OH is 1. The molecule has 5 nitrogen and oxygen atoms in total. The first-order valence-corrected chi connectivity index (χ1v) is 7.84. The molecule has 19 heavy (non-hydrogen) atoms. The molecule has 1 aliphatic rings. The van der Waals surface area contributed by atoms with Gasteiger partial charge < -0.3 is 15.3 Å². The largest absolute Gasteiger partial charge is 0.396 e. The summed E-state index contributed by atoms with van der Waals surface area (Å²) in [4.78, 5) is 24.8. The number of nitrogens with zero attached hydrogens (tertiary/aromatic N) is 1. The number of nitrogens with one attached hydrogen (secondary N) is 1. The van der Waals surface area contributed by atoms with Gasteiger partial charge in [-0.3, -0.25) is 9.59 Å². The van der Waals surface area contributed by atoms with Crippen molar-refractivity contribution in [1.82, 2.24) is 10.2 Å². The topological polar surface area (TPSA) is 69.6 Å². The Bertz CT molecular complexity index is 311. The Labute approximate surface area is 119 Å². The number of hydrogen-bond acceptors (Lipinski definition) is 4. The highest BCUT2D eigenvalue weighted by molar-refractivity contribution is 8.13. The lowest BCUT2D eigenvalue weighted by Gasteiger charge is -2.29. The van der Waals surface area contributed by atoms with Gasteiger partial charge >= 0.3 is 0 Å². The first kappa shape index (κ1) is 16.3. The number of hydrogen-bond donors (Lipinski definition) is 2. The average molecular weight is 288 g/mol. The zero-order valence-electron chi connectivity index (χ0n) is 11.8. The minimum absolute atomic E-state index is 0.0515. The Morgan fingerprint density at radius 3 is 2.63 bits per heavy atom. The molecule has 1 rings (SSSR count). The second kappa shape index (κ2) is 7.75. The zero-order valence-corrected chi connectivity index (χ0v) is 12.6. The van der Waals surface area contributed by atoms with E-state index in [0.29, 0.717) is 19.5 Å². The highest BCUT2D eigenvalue weighted by Gasteiger charge is 2.26. The smallest absolute Gasteiger partial charge is 0.281 e. The van der Waals surface area contributed by atoms with Crippen molar-refractivity contribution < 1.29 is 14.7 Å². The van der Waals surface area contributed by atoms with Crippen LogP contribution < -0.4 is 5.32 Å². The molecule has 0 radical (unpaired) electrons. The van der Waals surface area contributed by atoms with Gasteiger partial charge in [0.25, 0.3) is 5.24 Å². The predicted molar refractivity (Wildman–Crippen MR) is 77.2 cm³/mol. The number of amides is 2. The van der Waals surface area contributed by atoms with E-state index in [2.05, 4.69) is 5.32 Å². The third-order valence-corrected chi connectivity index (χ3v) is 4.84. The average Bonchev–Trinajstić information content (AvgIpc) is 2.84. The highest BCUT2D eigenvalue weighted by Crippen LogP contribution is 2.24. The summed E-state index contributed by atoms with van der Waals surface area (Å²) in [6.45, 7) is 5.85. The fraction of sp³-hybridized carbons (Fsp3) is 0.846. The lowest BCUT2D eigenvalue weighted by Crippen LogP contribution is -2.40. The van der Waals surface area contributed by atoms with Gasteiger partial charge in [0.15, 0.2) is 0 Å². The summed E-state index contributed by atoms with van der Waals surface area (Å²) in [6, 6.07) is 0. The first-order valence-electron chi connectivity index (χ1n) is 6.86. The van der Waals surface area contributed by atoms with Gasteiger partial charge in [-0.15, -0.1) is 0 Å². The molecule has 0 aromatic heterocycles. The predicted octanol–water partition coefficient (Wildman–Crippen LogP) is 1.46. The van der Waals surface area contributed by atoms with Crippen molar-refractivity contribution in [2.75, 3.05) is 32.0 Å². The number of thioether (sulfide) groups is 1. The Morgan fingerprint density at radius 1 is 1.47 bits per heavy atom. The van der Waals surface area contributed by atoms with Crippen LogP contribution in [-0.2, 0) is 4.79 Å². The summed E-state index contributed by atoms with van der Waals surface area (Å²) >= 11 is 1.31. The van der Waals surface area contributed by atoms with Crippen molar-refractivity contribution in [2.24, 2.45) is 5.41 Å². The van der Waals surface area contributed by atoms with Crippen LogP contribution in [-0.4, -0.2) is 53.1 Å². The monoisotopic (exact) mass is 288 g/mol. The Hall–Kier alpha value is -0.750. The van der Waals surface area contributed by atoms with Crippen molar-refractivity contribution in [3.8, 4) is 0 Å². The molecule has 1 heterocycles. The van der Waals surface area contributed by atoms with Crippen molar-refractivity contribution in [1.29, 1.82) is 0 Å². The van der Waals surface area contributed by atoms with Crippen molar-refractivity contribution >= 4 is 22.9 Å². The molecule has 6 heteroatoms. The maximum Gasteiger partial charge on any atom is 0.281 e. The molecule has 0 bridgehead atoms. The fourth-order valence-corrected chi connectivity index (χ4v) is 2.87. The lowest BCUT2D eigenvalue weighted by atomic mass is 9.83. The van der Waals surface area contributed by atoms with Crippen molar-refractivity contribution in [3.05, 3.63) is 0 Å². The molecule has 0 saturated carbocycles. The maximum absolute atomic E-state index is 11.8. The summed E-state index contributed by atoms with van der Waals surface area (Å²) in [7, 11) is 0. The van der Waals surface area contributed by atoms with Crippen LogP contribution in [0.5, 0.6) is 0 Å². The maximum atomic E-state index is 11.8. The van der Waals surface area contributed by atoms with E-state index in [4.69, 9.17) is 0 Å². The summed E-state index contributed by atoms with van der Waals surface area (Å²) in [6.07, 6.45) is 2.00. The summed E-state index contributed by atoms with van der Waals surface area (Å²) in [5.74, 6) is 0.768. The van der Waals surface area contributed by atoms with E-state index in [0.717, 1.165) is 25.1 Å². The van der Waals surface area contributed by atoms with E-state index in [-0.39, 0.29) is 23.2 Å². The first-order chi connectivity index (χ1) is 9.06. The van der Waals surface area contributed by atoms with E-state index in [1.807, 2.05) is 13.8 Å². The summed E-state index contributed by atoms with van der Waals surface area (Å²) < 4.78 is 0. The second-order valence-electron chi connectivity index (χ2n) is 4.99. The van der Waals surface area contributed by atoms with Gasteiger partial charge in [0.1, 0.15) is 0 Å². The molecule has 0 aliphatic carbocycles. The third kappa shape index (κ3) is 4.69. The fourth-order valence-electron chi connectivity index (χ4n) is 2.02. The Balaban J connectivity index is 2.29. The molecule has 0 unspecified atom stereocenters. The number of carbonyl (C=O) groups excluding carboxylic acids is 2. The van der Waals surface area contributed by atoms with E-state index < -0.39 is 0 Å². The number of aliphatic hydroxyl groups is 1. The highest BCUT2D eigenvalue weighted by atomic mass is 32.2. The number of carbonyl (C=O) groups is 2. The molecule has 110 valence electrons. The van der Waals surface area contributed by atoms with Gasteiger partial charge in [-0.25, -0.2) is 0 Å². The third-order valence-electron chi connectivity index (χ3n) is 3.95. The molecule has 1 aliphatic heterocycles. The van der Waals surface area contributed by atoms with E-state index in [1.54, 1.807) is 4.90 Å². The van der Waals surface area contributed by atoms with Crippen LogP contribution in [0.3, 0.4) is 0 Å². The van der Waals surface area contributed by atoms with Crippen LogP contribution in [0.2, 0.25) is 0 Å². The van der Waals surface area contributed by atoms with Crippen LogP contribution in [0.15, 0.2) is 0 Å². The molecular formula is C13H24N2O3S. The van der Waals surface area contributed by atoms with Crippen LogP contribution >= 0.6 is 11.8 Å². The normalized spacial score (nSPS) is 15.9. The van der Waals surface area contributed by atoms with Crippen molar-refractivity contribution in [2.45, 2.75) is 33.1 Å². The molecule has 0 aromatic rings. The molecule has 1 saturated heterocycles. The van der Waals surface area contributed by atoms with E-state index in [1.165, 1.54) is 11.8 Å². The van der Waals surface area contributed by atoms with Gasteiger partial charge in [-0.1, -0.05) is 25.6 Å². The van der Waals surface area contributed by atoms with Gasteiger partial charge in [0.05, 0.1) is 6.61 Å². The van der Waals surface area contributed by atoms with Gasteiger partial charge in [0, 0.05) is 37.2 Å². The minimum Gasteiger partial charge on any atom is -0.396 e. The minimum atomic E-state index is -0.213. The molecule has 0 aromatic carbocycles. The molecule has 2 amide bonds. The van der Waals surface area contributed by atoms with E-state index >= 15 is 0 Å². The second-order valence-corrected chi connectivity index (χ2v) is 6.04. The molecule has 0 atom stereocenters. The SMILES string of the molecule is CCC(CC)(CO)CNC(=O)CCN1CCSC1=O. The van der Waals surface area contributed by atoms with Crippen LogP contribution in [0, 0.1) is 5.41 Å². The Morgan fingerprint density at radius 2 is 2.16 bits per heavy atom.